The van der Waals surface area contributed by atoms with E-state index in [2.05, 4.69) is 41.6 Å². The summed E-state index contributed by atoms with van der Waals surface area (Å²) in [5.74, 6) is 0.278. The molecule has 0 radical (unpaired) electrons. The van der Waals surface area contributed by atoms with Crippen LogP contribution in [0, 0.1) is 18.3 Å². The Hall–Kier alpha value is -5.04. The number of aryl methyl sites for hydroxylation is 1. The Balaban J connectivity index is 1.61. The number of carbonyl (C=O) groups excluding carboxylic acids is 2. The van der Waals surface area contributed by atoms with E-state index in [0.717, 1.165) is 11.3 Å². The van der Waals surface area contributed by atoms with Crippen LogP contribution in [0.25, 0.3) is 22.6 Å². The van der Waals surface area contributed by atoms with Crippen LogP contribution in [0.15, 0.2) is 61.2 Å². The predicted octanol–water partition coefficient (Wildman–Crippen LogP) is 4.32. The van der Waals surface area contributed by atoms with Crippen molar-refractivity contribution in [3.63, 3.8) is 0 Å². The lowest BCUT2D eigenvalue weighted by Gasteiger charge is -2.15. The van der Waals surface area contributed by atoms with Crippen LogP contribution in [-0.4, -0.2) is 36.7 Å². The van der Waals surface area contributed by atoms with Crippen molar-refractivity contribution in [3.05, 3.63) is 78.1 Å². The molecule has 0 aliphatic heterocycles. The minimum absolute atomic E-state index is 0.225. The molecule has 0 saturated heterocycles. The van der Waals surface area contributed by atoms with Gasteiger partial charge in [0, 0.05) is 47.9 Å². The molecule has 4 aromatic rings. The van der Waals surface area contributed by atoms with Crippen molar-refractivity contribution in [1.82, 2.24) is 24.9 Å². The largest absolute Gasteiger partial charge is 0.321 e. The lowest BCUT2D eigenvalue weighted by atomic mass is 9.90. The van der Waals surface area contributed by atoms with Crippen molar-refractivity contribution in [3.8, 4) is 28.7 Å². The van der Waals surface area contributed by atoms with E-state index in [1.165, 1.54) is 13.1 Å². The quantitative estimate of drug-likeness (QED) is 0.405. The zero-order valence-corrected chi connectivity index (χ0v) is 20.8. The molecule has 0 aliphatic carbocycles. The summed E-state index contributed by atoms with van der Waals surface area (Å²) in [6.45, 7) is 6.75. The number of anilines is 2. The first-order chi connectivity index (χ1) is 17.7. The number of aromatic nitrogens is 5. The molecular formula is C27H24N8O2. The second-order valence-corrected chi connectivity index (χ2v) is 8.85. The number of pyridine rings is 3. The number of amides is 2. The van der Waals surface area contributed by atoms with Gasteiger partial charge < -0.3 is 10.6 Å². The molecule has 0 spiro atoms. The van der Waals surface area contributed by atoms with Gasteiger partial charge in [0.25, 0.3) is 5.91 Å². The number of nitriles is 1. The highest BCUT2D eigenvalue weighted by Gasteiger charge is 2.22. The zero-order chi connectivity index (χ0) is 26.6. The molecular weight excluding hydrogens is 468 g/mol. The fraction of sp³-hybridized carbons (Fsp3) is 0.185. The summed E-state index contributed by atoms with van der Waals surface area (Å²) in [5.41, 5.74) is 3.30. The maximum absolute atomic E-state index is 13.0. The molecule has 184 valence electrons. The number of rotatable bonds is 6. The van der Waals surface area contributed by atoms with Crippen molar-refractivity contribution in [1.29, 1.82) is 5.26 Å². The molecule has 2 N–H and O–H groups in total. The summed E-state index contributed by atoms with van der Waals surface area (Å²) < 4.78 is 0. The summed E-state index contributed by atoms with van der Waals surface area (Å²) in [7, 11) is 0. The number of hydrogen-bond acceptors (Lipinski definition) is 8. The Morgan fingerprint density at radius 3 is 2.46 bits per heavy atom. The van der Waals surface area contributed by atoms with Crippen LogP contribution < -0.4 is 10.6 Å². The third-order valence-electron chi connectivity index (χ3n) is 5.54. The van der Waals surface area contributed by atoms with E-state index >= 15 is 0 Å². The third-order valence-corrected chi connectivity index (χ3v) is 5.54. The standard InChI is InChI=1S/C27H24N8O2/c1-16-21(22-7-10-31-25(35-22)18-5-9-30-24(12-18)33-17(2)36)13-20(14-32-16)34-26(37)19-6-8-29-23(11-19)27(3,4)15-28/h5-14H,1-4H3,(H,34,37)(H,30,33,36). The molecule has 4 rings (SSSR count). The molecule has 0 unspecified atom stereocenters. The van der Waals surface area contributed by atoms with E-state index in [9.17, 15) is 14.9 Å². The molecule has 10 heteroatoms. The number of nitrogens with zero attached hydrogens (tertiary/aromatic N) is 6. The Bertz CT molecular complexity index is 1540. The highest BCUT2D eigenvalue weighted by Crippen LogP contribution is 2.26. The van der Waals surface area contributed by atoms with Crippen LogP contribution in [0.5, 0.6) is 0 Å². The Morgan fingerprint density at radius 1 is 0.946 bits per heavy atom. The summed E-state index contributed by atoms with van der Waals surface area (Å²) in [5, 5.41) is 14.9. The molecule has 0 bridgehead atoms. The van der Waals surface area contributed by atoms with Gasteiger partial charge in [0.15, 0.2) is 5.82 Å². The molecule has 4 heterocycles. The monoisotopic (exact) mass is 492 g/mol. The zero-order valence-electron chi connectivity index (χ0n) is 20.8. The molecule has 0 saturated carbocycles. The fourth-order valence-electron chi connectivity index (χ4n) is 3.50. The molecule has 10 nitrogen and oxygen atoms in total. The third kappa shape index (κ3) is 5.79. The molecule has 0 atom stereocenters. The summed E-state index contributed by atoms with van der Waals surface area (Å²) in [6.07, 6.45) is 6.29. The second kappa shape index (κ2) is 10.3. The Morgan fingerprint density at radius 2 is 1.70 bits per heavy atom. The van der Waals surface area contributed by atoms with Crippen LogP contribution in [0.4, 0.5) is 11.5 Å². The molecule has 0 aromatic carbocycles. The fourth-order valence-corrected chi connectivity index (χ4v) is 3.50. The van der Waals surface area contributed by atoms with Gasteiger partial charge in [-0.2, -0.15) is 5.26 Å². The summed E-state index contributed by atoms with van der Waals surface area (Å²) in [4.78, 5) is 46.2. The van der Waals surface area contributed by atoms with E-state index in [-0.39, 0.29) is 11.8 Å². The summed E-state index contributed by atoms with van der Waals surface area (Å²) >= 11 is 0. The van der Waals surface area contributed by atoms with Crippen molar-refractivity contribution in [2.75, 3.05) is 10.6 Å². The van der Waals surface area contributed by atoms with Gasteiger partial charge in [-0.3, -0.25) is 19.6 Å². The maximum Gasteiger partial charge on any atom is 0.255 e. The van der Waals surface area contributed by atoms with E-state index < -0.39 is 5.41 Å². The lowest BCUT2D eigenvalue weighted by molar-refractivity contribution is -0.114. The number of hydrogen-bond donors (Lipinski definition) is 2. The SMILES string of the molecule is CC(=O)Nc1cc(-c2nccc(-c3cc(NC(=O)c4ccnc(C(C)(C)C#N)c4)cnc3C)n2)ccn1. The Labute approximate surface area is 213 Å². The van der Waals surface area contributed by atoms with Crippen molar-refractivity contribution in [2.24, 2.45) is 0 Å². The van der Waals surface area contributed by atoms with Crippen LogP contribution >= 0.6 is 0 Å². The minimum Gasteiger partial charge on any atom is -0.321 e. The van der Waals surface area contributed by atoms with Gasteiger partial charge in [-0.1, -0.05) is 0 Å². The average molecular weight is 493 g/mol. The van der Waals surface area contributed by atoms with Crippen molar-refractivity contribution < 1.29 is 9.59 Å². The van der Waals surface area contributed by atoms with Gasteiger partial charge in [-0.25, -0.2) is 15.0 Å². The van der Waals surface area contributed by atoms with Crippen molar-refractivity contribution in [2.45, 2.75) is 33.1 Å². The van der Waals surface area contributed by atoms with Gasteiger partial charge >= 0.3 is 0 Å². The Kier molecular flexibility index (Phi) is 6.97. The van der Waals surface area contributed by atoms with Crippen molar-refractivity contribution >= 4 is 23.3 Å². The number of carbonyl (C=O) groups is 2. The first-order valence-electron chi connectivity index (χ1n) is 11.4. The van der Waals surface area contributed by atoms with E-state index in [0.29, 0.717) is 39.8 Å². The summed E-state index contributed by atoms with van der Waals surface area (Å²) in [6, 6.07) is 12.4. The second-order valence-electron chi connectivity index (χ2n) is 8.85. The molecule has 4 aromatic heterocycles. The smallest absolute Gasteiger partial charge is 0.255 e. The molecule has 0 fully saturated rings. The maximum atomic E-state index is 13.0. The first kappa shape index (κ1) is 25.1. The van der Waals surface area contributed by atoms with E-state index in [1.54, 1.807) is 68.8 Å². The van der Waals surface area contributed by atoms with Gasteiger partial charge in [-0.15, -0.1) is 0 Å². The minimum atomic E-state index is -0.822. The van der Waals surface area contributed by atoms with Crippen LogP contribution in [0.2, 0.25) is 0 Å². The molecule has 0 aliphatic rings. The average Bonchev–Trinajstić information content (AvgIpc) is 2.89. The number of nitrogens with one attached hydrogen (secondary N) is 2. The molecule has 37 heavy (non-hydrogen) atoms. The molecule has 2 amide bonds. The highest BCUT2D eigenvalue weighted by atomic mass is 16.2. The van der Waals surface area contributed by atoms with Gasteiger partial charge in [-0.05, 0) is 57.2 Å². The first-order valence-corrected chi connectivity index (χ1v) is 11.4. The highest BCUT2D eigenvalue weighted by molar-refractivity contribution is 6.04. The normalized spacial score (nSPS) is 10.9. The van der Waals surface area contributed by atoms with Crippen LogP contribution in [0.1, 0.15) is 42.5 Å². The lowest BCUT2D eigenvalue weighted by Crippen LogP contribution is -2.18. The van der Waals surface area contributed by atoms with Gasteiger partial charge in [0.2, 0.25) is 5.91 Å². The van der Waals surface area contributed by atoms with E-state index in [4.69, 9.17) is 0 Å². The van der Waals surface area contributed by atoms with E-state index in [1.807, 2.05) is 6.92 Å². The van der Waals surface area contributed by atoms with Gasteiger partial charge in [0.05, 0.1) is 34.8 Å². The predicted molar refractivity (Wildman–Crippen MR) is 138 cm³/mol. The topological polar surface area (TPSA) is 146 Å². The van der Waals surface area contributed by atoms with Crippen LogP contribution in [0.3, 0.4) is 0 Å². The van der Waals surface area contributed by atoms with Crippen LogP contribution in [-0.2, 0) is 10.2 Å². The van der Waals surface area contributed by atoms with Gasteiger partial charge in [0.1, 0.15) is 5.82 Å².